The molecule has 0 spiro atoms. The first-order valence-corrected chi connectivity index (χ1v) is 8.59. The van der Waals surface area contributed by atoms with E-state index in [1.54, 1.807) is 13.3 Å². The van der Waals surface area contributed by atoms with Crippen LogP contribution in [0.1, 0.15) is 11.1 Å². The number of hydrogen-bond acceptors (Lipinski definition) is 3. The van der Waals surface area contributed by atoms with Crippen molar-refractivity contribution >= 4 is 38.8 Å². The van der Waals surface area contributed by atoms with E-state index in [1.165, 1.54) is 0 Å². The van der Waals surface area contributed by atoms with Gasteiger partial charge in [0.05, 0.1) is 19.7 Å². The Hall–Kier alpha value is -2.66. The zero-order valence-electron chi connectivity index (χ0n) is 13.7. The van der Waals surface area contributed by atoms with Crippen LogP contribution in [0, 0.1) is 0 Å². The highest BCUT2D eigenvalue weighted by atomic mass is 79.9. The molecule has 1 N–H and O–H groups in total. The Bertz CT molecular complexity index is 938. The van der Waals surface area contributed by atoms with Gasteiger partial charge in [-0.25, -0.2) is 5.43 Å². The SMILES string of the molecule is COc1ccccc1/C=N\NC(=O)Cc1ccc(Br)c2ccccc12. The van der Waals surface area contributed by atoms with Gasteiger partial charge in [0.25, 0.3) is 0 Å². The third-order valence-electron chi connectivity index (χ3n) is 3.84. The number of ether oxygens (including phenoxy) is 1. The zero-order chi connectivity index (χ0) is 17.6. The molecule has 1 amide bonds. The maximum Gasteiger partial charge on any atom is 0.244 e. The van der Waals surface area contributed by atoms with Crippen LogP contribution < -0.4 is 10.2 Å². The molecule has 0 aliphatic heterocycles. The number of rotatable bonds is 5. The highest BCUT2D eigenvalue weighted by Crippen LogP contribution is 2.27. The summed E-state index contributed by atoms with van der Waals surface area (Å²) in [5.41, 5.74) is 4.34. The average Bonchev–Trinajstić information content (AvgIpc) is 2.65. The molecule has 0 saturated heterocycles. The second-order valence-corrected chi connectivity index (χ2v) is 6.32. The fraction of sp³-hybridized carbons (Fsp3) is 0.100. The summed E-state index contributed by atoms with van der Waals surface area (Å²) in [6.07, 6.45) is 1.84. The lowest BCUT2D eigenvalue weighted by Gasteiger charge is -2.07. The van der Waals surface area contributed by atoms with Crippen LogP contribution in [0.5, 0.6) is 5.75 Å². The molecule has 0 radical (unpaired) electrons. The van der Waals surface area contributed by atoms with E-state index >= 15 is 0 Å². The van der Waals surface area contributed by atoms with Crippen LogP contribution in [-0.4, -0.2) is 19.2 Å². The Kier molecular flexibility index (Phi) is 5.46. The monoisotopic (exact) mass is 396 g/mol. The zero-order valence-corrected chi connectivity index (χ0v) is 15.3. The summed E-state index contributed by atoms with van der Waals surface area (Å²) in [6.45, 7) is 0. The number of hydrogen-bond donors (Lipinski definition) is 1. The summed E-state index contributed by atoms with van der Waals surface area (Å²) in [4.78, 5) is 12.2. The van der Waals surface area contributed by atoms with Gasteiger partial charge in [-0.3, -0.25) is 4.79 Å². The standard InChI is InChI=1S/C20H17BrN2O2/c1-25-19-9-5-2-6-15(19)13-22-23-20(24)12-14-10-11-18(21)17-8-4-3-7-16(14)17/h2-11,13H,12H2,1H3,(H,23,24)/b22-13-. The molecular weight excluding hydrogens is 380 g/mol. The fourth-order valence-corrected chi connectivity index (χ4v) is 3.12. The van der Waals surface area contributed by atoms with Gasteiger partial charge in [0.1, 0.15) is 5.75 Å². The van der Waals surface area contributed by atoms with E-state index in [2.05, 4.69) is 26.5 Å². The number of carbonyl (C=O) groups is 1. The molecule has 3 rings (SSSR count). The molecular formula is C20H17BrN2O2. The molecule has 0 heterocycles. The summed E-state index contributed by atoms with van der Waals surface area (Å²) in [7, 11) is 1.60. The highest BCUT2D eigenvalue weighted by Gasteiger charge is 2.08. The number of hydrazone groups is 1. The fourth-order valence-electron chi connectivity index (χ4n) is 2.64. The molecule has 4 nitrogen and oxygen atoms in total. The molecule has 0 saturated carbocycles. The number of methoxy groups -OCH3 is 1. The lowest BCUT2D eigenvalue weighted by molar-refractivity contribution is -0.120. The first-order valence-electron chi connectivity index (χ1n) is 7.80. The van der Waals surface area contributed by atoms with E-state index in [0.717, 1.165) is 26.4 Å². The van der Waals surface area contributed by atoms with Crippen molar-refractivity contribution in [3.63, 3.8) is 0 Å². The van der Waals surface area contributed by atoms with Crippen molar-refractivity contribution in [2.45, 2.75) is 6.42 Å². The van der Waals surface area contributed by atoms with Gasteiger partial charge >= 0.3 is 0 Å². The molecule has 5 heteroatoms. The van der Waals surface area contributed by atoms with E-state index in [4.69, 9.17) is 4.74 Å². The number of fused-ring (bicyclic) bond motifs is 1. The molecule has 0 atom stereocenters. The number of para-hydroxylation sites is 1. The first kappa shape index (κ1) is 17.2. The van der Waals surface area contributed by atoms with E-state index in [-0.39, 0.29) is 12.3 Å². The van der Waals surface area contributed by atoms with Gasteiger partial charge in [0.2, 0.25) is 5.91 Å². The maximum atomic E-state index is 12.2. The topological polar surface area (TPSA) is 50.7 Å². The van der Waals surface area contributed by atoms with Crippen LogP contribution in [0.4, 0.5) is 0 Å². The van der Waals surface area contributed by atoms with Gasteiger partial charge in [-0.2, -0.15) is 5.10 Å². The normalized spacial score (nSPS) is 11.0. The molecule has 0 fully saturated rings. The summed E-state index contributed by atoms with van der Waals surface area (Å²) >= 11 is 3.54. The lowest BCUT2D eigenvalue weighted by atomic mass is 10.0. The predicted octanol–water partition coefficient (Wildman–Crippen LogP) is 4.30. The Morgan fingerprint density at radius 1 is 1.08 bits per heavy atom. The van der Waals surface area contributed by atoms with Gasteiger partial charge in [0, 0.05) is 10.0 Å². The van der Waals surface area contributed by atoms with Gasteiger partial charge in [-0.1, -0.05) is 58.4 Å². The minimum absolute atomic E-state index is 0.168. The van der Waals surface area contributed by atoms with E-state index < -0.39 is 0 Å². The van der Waals surface area contributed by atoms with Gasteiger partial charge in [0.15, 0.2) is 0 Å². The largest absolute Gasteiger partial charge is 0.496 e. The van der Waals surface area contributed by atoms with Crippen molar-refractivity contribution < 1.29 is 9.53 Å². The molecule has 0 aromatic heterocycles. The van der Waals surface area contributed by atoms with Crippen LogP contribution in [-0.2, 0) is 11.2 Å². The quantitative estimate of drug-likeness (QED) is 0.516. The third kappa shape index (κ3) is 4.06. The van der Waals surface area contributed by atoms with E-state index in [1.807, 2.05) is 60.7 Å². The molecule has 25 heavy (non-hydrogen) atoms. The summed E-state index contributed by atoms with van der Waals surface area (Å²) < 4.78 is 6.26. The molecule has 0 aliphatic rings. The molecule has 0 unspecified atom stereocenters. The minimum atomic E-state index is -0.168. The molecule has 3 aromatic carbocycles. The number of nitrogens with zero attached hydrogens (tertiary/aromatic N) is 1. The Morgan fingerprint density at radius 2 is 1.80 bits per heavy atom. The second-order valence-electron chi connectivity index (χ2n) is 5.46. The average molecular weight is 397 g/mol. The summed E-state index contributed by atoms with van der Waals surface area (Å²) in [5, 5.41) is 6.17. The van der Waals surface area contributed by atoms with E-state index in [9.17, 15) is 4.79 Å². The van der Waals surface area contributed by atoms with E-state index in [0.29, 0.717) is 5.75 Å². The van der Waals surface area contributed by atoms with Gasteiger partial charge < -0.3 is 4.74 Å². The van der Waals surface area contributed by atoms with Crippen LogP contribution in [0.25, 0.3) is 10.8 Å². The number of amides is 1. The Morgan fingerprint density at radius 3 is 2.60 bits per heavy atom. The van der Waals surface area contributed by atoms with Crippen LogP contribution in [0.2, 0.25) is 0 Å². The Balaban J connectivity index is 1.71. The number of carbonyl (C=O) groups excluding carboxylic acids is 1. The number of benzene rings is 3. The predicted molar refractivity (Wildman–Crippen MR) is 104 cm³/mol. The number of nitrogens with one attached hydrogen (secondary N) is 1. The van der Waals surface area contributed by atoms with Crippen LogP contribution in [0.15, 0.2) is 70.2 Å². The van der Waals surface area contributed by atoms with Gasteiger partial charge in [-0.15, -0.1) is 0 Å². The molecule has 0 bridgehead atoms. The minimum Gasteiger partial charge on any atom is -0.496 e. The summed E-state index contributed by atoms with van der Waals surface area (Å²) in [5.74, 6) is 0.540. The van der Waals surface area contributed by atoms with Crippen molar-refractivity contribution in [2.24, 2.45) is 5.10 Å². The Labute approximate surface area is 154 Å². The maximum absolute atomic E-state index is 12.2. The van der Waals surface area contributed by atoms with Crippen LogP contribution >= 0.6 is 15.9 Å². The van der Waals surface area contributed by atoms with Crippen molar-refractivity contribution in [2.75, 3.05) is 7.11 Å². The summed E-state index contributed by atoms with van der Waals surface area (Å²) in [6, 6.07) is 19.4. The van der Waals surface area contributed by atoms with Gasteiger partial charge in [-0.05, 0) is 34.5 Å². The molecule has 0 aliphatic carbocycles. The third-order valence-corrected chi connectivity index (χ3v) is 4.54. The van der Waals surface area contributed by atoms with Crippen LogP contribution in [0.3, 0.4) is 0 Å². The first-order chi connectivity index (χ1) is 12.2. The smallest absolute Gasteiger partial charge is 0.244 e. The molecule has 126 valence electrons. The second kappa shape index (κ2) is 7.94. The number of halogens is 1. The highest BCUT2D eigenvalue weighted by molar-refractivity contribution is 9.10. The van der Waals surface area contributed by atoms with Crippen molar-refractivity contribution in [3.8, 4) is 5.75 Å². The van der Waals surface area contributed by atoms with Crippen molar-refractivity contribution in [1.29, 1.82) is 0 Å². The van der Waals surface area contributed by atoms with Crippen molar-refractivity contribution in [1.82, 2.24) is 5.43 Å². The lowest BCUT2D eigenvalue weighted by Crippen LogP contribution is -2.20. The van der Waals surface area contributed by atoms with Crippen molar-refractivity contribution in [3.05, 3.63) is 76.3 Å². The molecule has 3 aromatic rings.